The number of hydrogen-bond donors (Lipinski definition) is 2. The van der Waals surface area contributed by atoms with Crippen molar-refractivity contribution in [3.05, 3.63) is 29.8 Å². The summed E-state index contributed by atoms with van der Waals surface area (Å²) in [4.78, 5) is 2.46. The molecule has 1 fully saturated rings. The molecular weight excluding hydrogens is 212 g/mol. The maximum Gasteiger partial charge on any atom is 0.115 e. The smallest absolute Gasteiger partial charge is 0.115 e. The molecular formula is C14H22N2O. The highest BCUT2D eigenvalue weighted by molar-refractivity contribution is 5.27. The fourth-order valence-electron chi connectivity index (χ4n) is 2.72. The van der Waals surface area contributed by atoms with Crippen LogP contribution in [0.1, 0.15) is 31.2 Å². The molecule has 0 aromatic heterocycles. The molecule has 0 radical (unpaired) electrons. The van der Waals surface area contributed by atoms with E-state index in [0.717, 1.165) is 13.1 Å². The van der Waals surface area contributed by atoms with E-state index in [0.29, 0.717) is 18.3 Å². The molecule has 3 nitrogen and oxygen atoms in total. The van der Waals surface area contributed by atoms with Crippen LogP contribution in [0.2, 0.25) is 0 Å². The maximum atomic E-state index is 9.48. The molecule has 1 aromatic carbocycles. The molecule has 3 heteroatoms. The summed E-state index contributed by atoms with van der Waals surface area (Å²) >= 11 is 0. The Morgan fingerprint density at radius 1 is 1.29 bits per heavy atom. The van der Waals surface area contributed by atoms with Crippen molar-refractivity contribution in [3.8, 4) is 5.75 Å². The Kier molecular flexibility index (Phi) is 4.40. The molecule has 2 rings (SSSR count). The fourth-order valence-corrected chi connectivity index (χ4v) is 2.72. The summed E-state index contributed by atoms with van der Waals surface area (Å²) in [5, 5.41) is 9.48. The van der Waals surface area contributed by atoms with E-state index in [1.54, 1.807) is 6.07 Å². The normalized spacial score (nSPS) is 16.8. The third-order valence-electron chi connectivity index (χ3n) is 3.55. The average Bonchev–Trinajstić information content (AvgIpc) is 2.82. The Hall–Kier alpha value is -1.06. The molecule has 17 heavy (non-hydrogen) atoms. The van der Waals surface area contributed by atoms with Gasteiger partial charge in [0.1, 0.15) is 5.75 Å². The summed E-state index contributed by atoms with van der Waals surface area (Å²) in [7, 11) is 0. The number of hydrogen-bond acceptors (Lipinski definition) is 3. The van der Waals surface area contributed by atoms with Crippen LogP contribution in [0.25, 0.3) is 0 Å². The summed E-state index contributed by atoms with van der Waals surface area (Å²) in [5.74, 6) is 0.349. The van der Waals surface area contributed by atoms with Gasteiger partial charge in [0, 0.05) is 25.7 Å². The summed E-state index contributed by atoms with van der Waals surface area (Å²) in [5.41, 5.74) is 6.86. The van der Waals surface area contributed by atoms with Crippen LogP contribution in [-0.4, -0.2) is 29.1 Å². The van der Waals surface area contributed by atoms with Crippen molar-refractivity contribution >= 4 is 0 Å². The monoisotopic (exact) mass is 234 g/mol. The largest absolute Gasteiger partial charge is 0.508 e. The Bertz CT molecular complexity index is 348. The lowest BCUT2D eigenvalue weighted by molar-refractivity contribution is 0.195. The van der Waals surface area contributed by atoms with Gasteiger partial charge in [-0.2, -0.15) is 0 Å². The van der Waals surface area contributed by atoms with Crippen LogP contribution in [0.5, 0.6) is 5.75 Å². The van der Waals surface area contributed by atoms with Crippen molar-refractivity contribution in [3.63, 3.8) is 0 Å². The number of aromatic hydroxyl groups is 1. The Morgan fingerprint density at radius 3 is 2.71 bits per heavy atom. The van der Waals surface area contributed by atoms with E-state index in [1.165, 1.54) is 31.2 Å². The first-order chi connectivity index (χ1) is 8.29. The molecule has 1 aliphatic rings. The van der Waals surface area contributed by atoms with Crippen LogP contribution < -0.4 is 5.73 Å². The standard InChI is InChI=1S/C14H22N2O/c15-8-9-16(13-5-1-2-6-13)11-12-4-3-7-14(17)10-12/h3-4,7,10,13,17H,1-2,5-6,8-9,11,15H2. The molecule has 1 aliphatic carbocycles. The number of nitrogens with two attached hydrogens (primary N) is 1. The zero-order valence-electron chi connectivity index (χ0n) is 10.3. The molecule has 94 valence electrons. The summed E-state index contributed by atoms with van der Waals surface area (Å²) in [6.45, 7) is 2.55. The molecule has 0 saturated heterocycles. The van der Waals surface area contributed by atoms with Crippen molar-refractivity contribution in [2.75, 3.05) is 13.1 Å². The van der Waals surface area contributed by atoms with Gasteiger partial charge in [-0.05, 0) is 30.5 Å². The first-order valence-corrected chi connectivity index (χ1v) is 6.51. The van der Waals surface area contributed by atoms with Crippen LogP contribution in [0.3, 0.4) is 0 Å². The molecule has 0 heterocycles. The molecule has 0 atom stereocenters. The van der Waals surface area contributed by atoms with Crippen LogP contribution >= 0.6 is 0 Å². The van der Waals surface area contributed by atoms with E-state index in [9.17, 15) is 5.11 Å². The predicted octanol–water partition coefficient (Wildman–Crippen LogP) is 2.10. The third kappa shape index (κ3) is 3.45. The summed E-state index contributed by atoms with van der Waals surface area (Å²) < 4.78 is 0. The molecule has 1 saturated carbocycles. The van der Waals surface area contributed by atoms with Crippen molar-refractivity contribution in [1.82, 2.24) is 4.90 Å². The lowest BCUT2D eigenvalue weighted by Crippen LogP contribution is -2.36. The van der Waals surface area contributed by atoms with Crippen LogP contribution in [-0.2, 0) is 6.54 Å². The predicted molar refractivity (Wildman–Crippen MR) is 69.8 cm³/mol. The highest BCUT2D eigenvalue weighted by Crippen LogP contribution is 2.25. The van der Waals surface area contributed by atoms with E-state index in [-0.39, 0.29) is 0 Å². The zero-order chi connectivity index (χ0) is 12.1. The van der Waals surface area contributed by atoms with Crippen molar-refractivity contribution in [1.29, 1.82) is 0 Å². The number of rotatable bonds is 5. The van der Waals surface area contributed by atoms with Crippen molar-refractivity contribution in [2.45, 2.75) is 38.3 Å². The molecule has 0 spiro atoms. The molecule has 0 amide bonds. The van der Waals surface area contributed by atoms with E-state index in [1.807, 2.05) is 12.1 Å². The topological polar surface area (TPSA) is 49.5 Å². The van der Waals surface area contributed by atoms with Gasteiger partial charge in [0.05, 0.1) is 0 Å². The van der Waals surface area contributed by atoms with Gasteiger partial charge in [0.2, 0.25) is 0 Å². The Balaban J connectivity index is 2.01. The average molecular weight is 234 g/mol. The number of phenols is 1. The van der Waals surface area contributed by atoms with Gasteiger partial charge in [-0.25, -0.2) is 0 Å². The van der Waals surface area contributed by atoms with Gasteiger partial charge < -0.3 is 10.8 Å². The van der Waals surface area contributed by atoms with Crippen molar-refractivity contribution in [2.24, 2.45) is 5.73 Å². The van der Waals surface area contributed by atoms with Gasteiger partial charge >= 0.3 is 0 Å². The van der Waals surface area contributed by atoms with Crippen LogP contribution in [0, 0.1) is 0 Å². The van der Waals surface area contributed by atoms with E-state index < -0.39 is 0 Å². The highest BCUT2D eigenvalue weighted by Gasteiger charge is 2.21. The maximum absolute atomic E-state index is 9.48. The van der Waals surface area contributed by atoms with Gasteiger partial charge in [0.25, 0.3) is 0 Å². The highest BCUT2D eigenvalue weighted by atomic mass is 16.3. The summed E-state index contributed by atoms with van der Waals surface area (Å²) in [6, 6.07) is 8.21. The second-order valence-electron chi connectivity index (χ2n) is 4.87. The third-order valence-corrected chi connectivity index (χ3v) is 3.55. The van der Waals surface area contributed by atoms with Gasteiger partial charge in [0.15, 0.2) is 0 Å². The van der Waals surface area contributed by atoms with E-state index in [2.05, 4.69) is 11.0 Å². The Morgan fingerprint density at radius 2 is 2.06 bits per heavy atom. The molecule has 0 aliphatic heterocycles. The van der Waals surface area contributed by atoms with Crippen LogP contribution in [0.4, 0.5) is 0 Å². The first-order valence-electron chi connectivity index (χ1n) is 6.51. The Labute approximate surface area is 103 Å². The van der Waals surface area contributed by atoms with E-state index in [4.69, 9.17) is 5.73 Å². The summed E-state index contributed by atoms with van der Waals surface area (Å²) in [6.07, 6.45) is 5.26. The molecule has 3 N–H and O–H groups in total. The number of nitrogens with zero attached hydrogens (tertiary/aromatic N) is 1. The van der Waals surface area contributed by atoms with Crippen LogP contribution in [0.15, 0.2) is 24.3 Å². The molecule has 1 aromatic rings. The van der Waals surface area contributed by atoms with Gasteiger partial charge in [-0.3, -0.25) is 4.90 Å². The lowest BCUT2D eigenvalue weighted by Gasteiger charge is -2.28. The number of phenolic OH excluding ortho intramolecular Hbond substituents is 1. The molecule has 0 bridgehead atoms. The second kappa shape index (κ2) is 6.03. The molecule has 0 unspecified atom stereocenters. The zero-order valence-corrected chi connectivity index (χ0v) is 10.3. The second-order valence-corrected chi connectivity index (χ2v) is 4.87. The minimum absolute atomic E-state index is 0.349. The number of benzene rings is 1. The minimum atomic E-state index is 0.349. The fraction of sp³-hybridized carbons (Fsp3) is 0.571. The van der Waals surface area contributed by atoms with Crippen molar-refractivity contribution < 1.29 is 5.11 Å². The van der Waals surface area contributed by atoms with E-state index >= 15 is 0 Å². The SMILES string of the molecule is NCCN(Cc1cccc(O)c1)C1CCCC1. The first kappa shape index (κ1) is 12.4. The van der Waals surface area contributed by atoms with Gasteiger partial charge in [-0.15, -0.1) is 0 Å². The van der Waals surface area contributed by atoms with Gasteiger partial charge in [-0.1, -0.05) is 25.0 Å². The minimum Gasteiger partial charge on any atom is -0.508 e. The lowest BCUT2D eigenvalue weighted by atomic mass is 10.1. The quantitative estimate of drug-likeness (QED) is 0.820.